The molecule has 2 aliphatic carbocycles. The van der Waals surface area contributed by atoms with E-state index in [1.165, 1.54) is 22.3 Å². The molecule has 7 heteroatoms. The SMILES string of the molecule is CCN(CCC(=O)O)C(=O)C[C@H]1CC[C@@H](NC(=O)OCC2c3ccccc3-c3ccccc32)C1. The van der Waals surface area contributed by atoms with Crippen LogP contribution in [0, 0.1) is 5.92 Å². The molecule has 0 saturated heterocycles. The van der Waals surface area contributed by atoms with E-state index in [2.05, 4.69) is 29.6 Å². The predicted octanol–water partition coefficient (Wildman–Crippen LogP) is 4.41. The fourth-order valence-electron chi connectivity index (χ4n) is 5.26. The number of carbonyl (C=O) groups is 3. The first kappa shape index (κ1) is 23.8. The van der Waals surface area contributed by atoms with Crippen molar-refractivity contribution in [3.63, 3.8) is 0 Å². The summed E-state index contributed by atoms with van der Waals surface area (Å²) in [5, 5.41) is 11.8. The highest BCUT2D eigenvalue weighted by atomic mass is 16.5. The van der Waals surface area contributed by atoms with Gasteiger partial charge in [0.15, 0.2) is 0 Å². The Morgan fingerprint density at radius 2 is 1.68 bits per heavy atom. The molecule has 180 valence electrons. The maximum atomic E-state index is 12.5. The third kappa shape index (κ3) is 5.41. The number of hydrogen-bond acceptors (Lipinski definition) is 4. The molecule has 2 aromatic rings. The zero-order chi connectivity index (χ0) is 24.1. The molecule has 0 aromatic heterocycles. The van der Waals surface area contributed by atoms with Crippen LogP contribution in [0.1, 0.15) is 56.1 Å². The van der Waals surface area contributed by atoms with Crippen molar-refractivity contribution < 1.29 is 24.2 Å². The summed E-state index contributed by atoms with van der Waals surface area (Å²) in [5.74, 6) is -0.710. The molecule has 0 radical (unpaired) electrons. The maximum absolute atomic E-state index is 12.5. The van der Waals surface area contributed by atoms with Gasteiger partial charge >= 0.3 is 12.1 Å². The van der Waals surface area contributed by atoms with E-state index in [-0.39, 0.29) is 43.4 Å². The number of nitrogens with zero attached hydrogens (tertiary/aromatic N) is 1. The molecule has 2 aliphatic rings. The van der Waals surface area contributed by atoms with Crippen LogP contribution in [0.4, 0.5) is 4.79 Å². The Morgan fingerprint density at radius 3 is 2.29 bits per heavy atom. The van der Waals surface area contributed by atoms with Gasteiger partial charge in [-0.1, -0.05) is 48.5 Å². The third-order valence-electron chi connectivity index (χ3n) is 7.00. The van der Waals surface area contributed by atoms with E-state index < -0.39 is 12.1 Å². The number of hydrogen-bond donors (Lipinski definition) is 2. The van der Waals surface area contributed by atoms with Gasteiger partial charge in [0.2, 0.25) is 5.91 Å². The standard InChI is InChI=1S/C27H32N2O5/c1-2-29(14-13-26(31)32)25(30)16-18-11-12-19(15-18)28-27(33)34-17-24-22-9-5-3-7-20(22)21-8-4-6-10-23(21)24/h3-10,18-19,24H,2,11-17H2,1H3,(H,28,33)(H,31,32)/t18-,19+/m0/s1. The Bertz CT molecular complexity index is 1010. The van der Waals surface area contributed by atoms with Gasteiger partial charge in [0.05, 0.1) is 6.42 Å². The number of carboxylic acid groups (broad SMARTS) is 1. The van der Waals surface area contributed by atoms with Crippen LogP contribution < -0.4 is 5.32 Å². The summed E-state index contributed by atoms with van der Waals surface area (Å²) in [4.78, 5) is 37.5. The highest BCUT2D eigenvalue weighted by Crippen LogP contribution is 2.44. The minimum Gasteiger partial charge on any atom is -0.481 e. The summed E-state index contributed by atoms with van der Waals surface area (Å²) in [6.45, 7) is 2.87. The number of aliphatic carboxylic acids is 1. The predicted molar refractivity (Wildman–Crippen MR) is 128 cm³/mol. The van der Waals surface area contributed by atoms with Crippen LogP contribution >= 0.6 is 0 Å². The Labute approximate surface area is 200 Å². The maximum Gasteiger partial charge on any atom is 0.407 e. The molecule has 0 aliphatic heterocycles. The van der Waals surface area contributed by atoms with Crippen LogP contribution in [0.25, 0.3) is 11.1 Å². The van der Waals surface area contributed by atoms with Gasteiger partial charge in [-0.2, -0.15) is 0 Å². The molecule has 0 bridgehead atoms. The molecule has 2 atom stereocenters. The fraction of sp³-hybridized carbons (Fsp3) is 0.444. The van der Waals surface area contributed by atoms with Crippen LogP contribution in [0.3, 0.4) is 0 Å². The number of carboxylic acids is 1. The van der Waals surface area contributed by atoms with Crippen molar-refractivity contribution in [3.05, 3.63) is 59.7 Å². The molecule has 0 unspecified atom stereocenters. The first-order valence-corrected chi connectivity index (χ1v) is 12.1. The normalized spacial score (nSPS) is 18.7. The largest absolute Gasteiger partial charge is 0.481 e. The molecule has 1 fully saturated rings. The van der Waals surface area contributed by atoms with Crippen molar-refractivity contribution in [1.29, 1.82) is 0 Å². The molecule has 2 amide bonds. The Morgan fingerprint density at radius 1 is 1.03 bits per heavy atom. The number of nitrogens with one attached hydrogen (secondary N) is 1. The lowest BCUT2D eigenvalue weighted by atomic mass is 9.98. The van der Waals surface area contributed by atoms with Gasteiger partial charge in [0.25, 0.3) is 0 Å². The fourth-order valence-corrected chi connectivity index (χ4v) is 5.26. The quantitative estimate of drug-likeness (QED) is 0.573. The van der Waals surface area contributed by atoms with Crippen molar-refractivity contribution in [2.45, 2.75) is 51.0 Å². The van der Waals surface area contributed by atoms with Crippen molar-refractivity contribution >= 4 is 18.0 Å². The van der Waals surface area contributed by atoms with E-state index in [0.29, 0.717) is 13.0 Å². The minimum absolute atomic E-state index is 0.0115. The van der Waals surface area contributed by atoms with Crippen LogP contribution in [-0.4, -0.2) is 53.7 Å². The summed E-state index contributed by atoms with van der Waals surface area (Å²) in [7, 11) is 0. The summed E-state index contributed by atoms with van der Waals surface area (Å²) in [5.41, 5.74) is 4.75. The van der Waals surface area contributed by atoms with Crippen LogP contribution in [0.2, 0.25) is 0 Å². The van der Waals surface area contributed by atoms with Gasteiger partial charge in [-0.25, -0.2) is 4.79 Å². The smallest absolute Gasteiger partial charge is 0.407 e. The second-order valence-electron chi connectivity index (χ2n) is 9.17. The molecule has 2 N–H and O–H groups in total. The van der Waals surface area contributed by atoms with E-state index in [1.54, 1.807) is 4.90 Å². The van der Waals surface area contributed by atoms with Crippen LogP contribution in [-0.2, 0) is 14.3 Å². The average molecular weight is 465 g/mol. The minimum atomic E-state index is -0.903. The molecule has 4 rings (SSSR count). The molecule has 7 nitrogen and oxygen atoms in total. The number of alkyl carbamates (subject to hydrolysis) is 1. The lowest BCUT2D eigenvalue weighted by molar-refractivity contribution is -0.138. The first-order valence-electron chi connectivity index (χ1n) is 12.1. The highest BCUT2D eigenvalue weighted by Gasteiger charge is 2.31. The summed E-state index contributed by atoms with van der Waals surface area (Å²) < 4.78 is 5.65. The summed E-state index contributed by atoms with van der Waals surface area (Å²) >= 11 is 0. The Kier molecular flexibility index (Phi) is 7.50. The van der Waals surface area contributed by atoms with Crippen LogP contribution in [0.15, 0.2) is 48.5 Å². The monoisotopic (exact) mass is 464 g/mol. The average Bonchev–Trinajstić information content (AvgIpc) is 3.39. The zero-order valence-corrected chi connectivity index (χ0v) is 19.5. The lowest BCUT2D eigenvalue weighted by Gasteiger charge is -2.22. The van der Waals surface area contributed by atoms with Crippen molar-refractivity contribution in [3.8, 4) is 11.1 Å². The first-order chi connectivity index (χ1) is 16.5. The molecule has 34 heavy (non-hydrogen) atoms. The van der Waals surface area contributed by atoms with Gasteiger partial charge in [-0.3, -0.25) is 9.59 Å². The molecular weight excluding hydrogens is 432 g/mol. The Hall–Kier alpha value is -3.35. The zero-order valence-electron chi connectivity index (χ0n) is 19.5. The third-order valence-corrected chi connectivity index (χ3v) is 7.00. The number of fused-ring (bicyclic) bond motifs is 3. The van der Waals surface area contributed by atoms with Gasteiger partial charge in [0, 0.05) is 31.5 Å². The van der Waals surface area contributed by atoms with E-state index >= 15 is 0 Å². The number of rotatable bonds is 9. The molecule has 1 saturated carbocycles. The van der Waals surface area contributed by atoms with E-state index in [1.807, 2.05) is 31.2 Å². The second-order valence-corrected chi connectivity index (χ2v) is 9.17. The van der Waals surface area contributed by atoms with Crippen LogP contribution in [0.5, 0.6) is 0 Å². The molecular formula is C27H32N2O5. The highest BCUT2D eigenvalue weighted by molar-refractivity contribution is 5.79. The number of ether oxygens (including phenoxy) is 1. The number of amides is 2. The van der Waals surface area contributed by atoms with Gasteiger partial charge in [-0.05, 0) is 54.4 Å². The molecule has 2 aromatic carbocycles. The number of carbonyl (C=O) groups excluding carboxylic acids is 2. The Balaban J connectivity index is 1.26. The van der Waals surface area contributed by atoms with E-state index in [9.17, 15) is 14.4 Å². The number of benzene rings is 2. The van der Waals surface area contributed by atoms with E-state index in [0.717, 1.165) is 19.3 Å². The molecule has 0 heterocycles. The van der Waals surface area contributed by atoms with Gasteiger partial charge < -0.3 is 20.1 Å². The van der Waals surface area contributed by atoms with Crippen molar-refractivity contribution in [2.24, 2.45) is 5.92 Å². The topological polar surface area (TPSA) is 95.9 Å². The second kappa shape index (κ2) is 10.7. The lowest BCUT2D eigenvalue weighted by Crippen LogP contribution is -2.35. The van der Waals surface area contributed by atoms with E-state index in [4.69, 9.17) is 9.84 Å². The van der Waals surface area contributed by atoms with Gasteiger partial charge in [-0.15, -0.1) is 0 Å². The summed E-state index contributed by atoms with van der Waals surface area (Å²) in [6.07, 6.45) is 2.31. The summed E-state index contributed by atoms with van der Waals surface area (Å²) in [6, 6.07) is 16.5. The van der Waals surface area contributed by atoms with Crippen molar-refractivity contribution in [1.82, 2.24) is 10.2 Å². The van der Waals surface area contributed by atoms with Gasteiger partial charge in [0.1, 0.15) is 6.61 Å². The molecule has 0 spiro atoms. The van der Waals surface area contributed by atoms with Crippen molar-refractivity contribution in [2.75, 3.05) is 19.7 Å².